The average Bonchev–Trinajstić information content (AvgIpc) is 2.30. The second-order valence-corrected chi connectivity index (χ2v) is 4.65. The molecule has 3 heteroatoms. The minimum absolute atomic E-state index is 0.272. The molecule has 1 fully saturated rings. The smallest absolute Gasteiger partial charge is 0.123 e. The van der Waals surface area contributed by atoms with Crippen LogP contribution in [0.5, 0.6) is 0 Å². The average molecular weight is 226 g/mol. The summed E-state index contributed by atoms with van der Waals surface area (Å²) < 4.78 is 19.2. The molecule has 2 rings (SSSR count). The number of hydrogen-bond donors (Lipinski definition) is 1. The molecule has 1 saturated heterocycles. The van der Waals surface area contributed by atoms with Crippen LogP contribution in [0.15, 0.2) is 23.5 Å². The Balaban J connectivity index is 2.26. The van der Waals surface area contributed by atoms with Gasteiger partial charge in [0.05, 0.1) is 6.10 Å². The minimum Gasteiger partial charge on any atom is -0.487 e. The Morgan fingerprint density at radius 1 is 1.50 bits per heavy atom. The summed E-state index contributed by atoms with van der Waals surface area (Å²) in [5, 5.41) is 10.1. The molecule has 0 amide bonds. The molecule has 1 aliphatic carbocycles. The molecule has 1 aliphatic heterocycles. The first-order valence-electron chi connectivity index (χ1n) is 6.03. The van der Waals surface area contributed by atoms with Crippen molar-refractivity contribution in [3.05, 3.63) is 23.5 Å². The molecule has 0 radical (unpaired) electrons. The van der Waals surface area contributed by atoms with Crippen LogP contribution in [0.4, 0.5) is 4.39 Å². The number of aliphatic hydroxyl groups is 1. The maximum absolute atomic E-state index is 13.2. The second-order valence-electron chi connectivity index (χ2n) is 4.65. The molecule has 0 saturated carbocycles. The Morgan fingerprint density at radius 3 is 2.81 bits per heavy atom. The van der Waals surface area contributed by atoms with Gasteiger partial charge in [-0.05, 0) is 25.0 Å². The van der Waals surface area contributed by atoms with Gasteiger partial charge < -0.3 is 9.84 Å². The van der Waals surface area contributed by atoms with Crippen molar-refractivity contribution in [2.45, 2.75) is 57.4 Å². The van der Waals surface area contributed by atoms with E-state index in [9.17, 15) is 9.50 Å². The summed E-state index contributed by atoms with van der Waals surface area (Å²) in [5.41, 5.74) is 0.363. The van der Waals surface area contributed by atoms with Crippen LogP contribution in [0.25, 0.3) is 0 Å². The van der Waals surface area contributed by atoms with Crippen LogP contribution in [-0.4, -0.2) is 23.0 Å². The van der Waals surface area contributed by atoms with Crippen LogP contribution >= 0.6 is 0 Å². The number of hydrogen-bond acceptors (Lipinski definition) is 2. The zero-order valence-electron chi connectivity index (χ0n) is 9.87. The predicted octanol–water partition coefficient (Wildman–Crippen LogP) is 2.88. The SMILES string of the molecule is CCC1(CC)CC(O)C2=CC(F)CC=C2O1. The van der Waals surface area contributed by atoms with Crippen LogP contribution < -0.4 is 0 Å². The fourth-order valence-corrected chi connectivity index (χ4v) is 2.48. The van der Waals surface area contributed by atoms with E-state index in [-0.39, 0.29) is 5.60 Å². The van der Waals surface area contributed by atoms with Crippen molar-refractivity contribution in [2.24, 2.45) is 0 Å². The monoisotopic (exact) mass is 226 g/mol. The van der Waals surface area contributed by atoms with Gasteiger partial charge in [-0.25, -0.2) is 4.39 Å². The summed E-state index contributed by atoms with van der Waals surface area (Å²) in [6.07, 6.45) is 4.35. The number of allylic oxidation sites excluding steroid dienone is 2. The Kier molecular flexibility index (Phi) is 3.06. The van der Waals surface area contributed by atoms with E-state index in [0.717, 1.165) is 12.8 Å². The van der Waals surface area contributed by atoms with Gasteiger partial charge in [0.2, 0.25) is 0 Å². The number of fused-ring (bicyclic) bond motifs is 1. The predicted molar refractivity (Wildman–Crippen MR) is 60.7 cm³/mol. The molecule has 2 aliphatic rings. The molecule has 90 valence electrons. The Bertz CT molecular complexity index is 329. The molecule has 0 aromatic heterocycles. The second kappa shape index (κ2) is 4.21. The molecular formula is C13H19FO2. The topological polar surface area (TPSA) is 29.5 Å². The normalized spacial score (nSPS) is 32.2. The summed E-state index contributed by atoms with van der Waals surface area (Å²) >= 11 is 0. The number of halogens is 1. The quantitative estimate of drug-likeness (QED) is 0.784. The largest absolute Gasteiger partial charge is 0.487 e. The van der Waals surface area contributed by atoms with E-state index in [2.05, 4.69) is 13.8 Å². The van der Waals surface area contributed by atoms with Crippen molar-refractivity contribution in [1.82, 2.24) is 0 Å². The lowest BCUT2D eigenvalue weighted by Crippen LogP contribution is -2.42. The van der Waals surface area contributed by atoms with Gasteiger partial charge in [0.25, 0.3) is 0 Å². The van der Waals surface area contributed by atoms with Crippen molar-refractivity contribution >= 4 is 0 Å². The van der Waals surface area contributed by atoms with E-state index in [1.54, 1.807) is 6.08 Å². The fourth-order valence-electron chi connectivity index (χ4n) is 2.48. The minimum atomic E-state index is -0.979. The lowest BCUT2D eigenvalue weighted by atomic mass is 9.82. The molecular weight excluding hydrogens is 207 g/mol. The van der Waals surface area contributed by atoms with Gasteiger partial charge in [0.1, 0.15) is 17.5 Å². The molecule has 1 N–H and O–H groups in total. The highest BCUT2D eigenvalue weighted by atomic mass is 19.1. The first-order chi connectivity index (χ1) is 7.60. The van der Waals surface area contributed by atoms with Crippen molar-refractivity contribution < 1.29 is 14.2 Å². The summed E-state index contributed by atoms with van der Waals surface area (Å²) in [4.78, 5) is 0. The first-order valence-corrected chi connectivity index (χ1v) is 6.03. The van der Waals surface area contributed by atoms with Crippen LogP contribution in [0.2, 0.25) is 0 Å². The Hall–Kier alpha value is -0.830. The molecule has 0 aromatic rings. The highest BCUT2D eigenvalue weighted by molar-refractivity contribution is 5.36. The van der Waals surface area contributed by atoms with E-state index >= 15 is 0 Å². The zero-order chi connectivity index (χ0) is 11.8. The van der Waals surface area contributed by atoms with Gasteiger partial charge in [-0.3, -0.25) is 0 Å². The number of ether oxygens (including phenoxy) is 1. The Labute approximate surface area is 95.8 Å². The molecule has 16 heavy (non-hydrogen) atoms. The molecule has 0 spiro atoms. The Morgan fingerprint density at radius 2 is 2.19 bits per heavy atom. The first kappa shape index (κ1) is 11.6. The number of alkyl halides is 1. The molecule has 0 aromatic carbocycles. The van der Waals surface area contributed by atoms with E-state index in [1.165, 1.54) is 6.08 Å². The van der Waals surface area contributed by atoms with Crippen LogP contribution in [-0.2, 0) is 4.74 Å². The molecule has 2 unspecified atom stereocenters. The van der Waals surface area contributed by atoms with Crippen LogP contribution in [0, 0.1) is 0 Å². The van der Waals surface area contributed by atoms with Crippen molar-refractivity contribution in [2.75, 3.05) is 0 Å². The van der Waals surface area contributed by atoms with Gasteiger partial charge in [-0.2, -0.15) is 0 Å². The maximum atomic E-state index is 13.2. The van der Waals surface area contributed by atoms with Gasteiger partial charge in [0.15, 0.2) is 0 Å². The maximum Gasteiger partial charge on any atom is 0.123 e. The molecule has 2 nitrogen and oxygen atoms in total. The van der Waals surface area contributed by atoms with Crippen LogP contribution in [0.1, 0.15) is 39.5 Å². The molecule has 0 bridgehead atoms. The summed E-state index contributed by atoms with van der Waals surface area (Å²) in [7, 11) is 0. The third-order valence-electron chi connectivity index (χ3n) is 3.71. The van der Waals surface area contributed by atoms with Gasteiger partial charge in [-0.1, -0.05) is 13.8 Å². The van der Waals surface area contributed by atoms with Crippen molar-refractivity contribution in [1.29, 1.82) is 0 Å². The van der Waals surface area contributed by atoms with E-state index in [0.29, 0.717) is 24.2 Å². The molecule has 1 heterocycles. The lowest BCUT2D eigenvalue weighted by Gasteiger charge is -2.42. The zero-order valence-corrected chi connectivity index (χ0v) is 9.87. The summed E-state index contributed by atoms with van der Waals surface area (Å²) in [6, 6.07) is 0. The third kappa shape index (κ3) is 1.88. The van der Waals surface area contributed by atoms with Gasteiger partial charge in [0, 0.05) is 18.4 Å². The fraction of sp³-hybridized carbons (Fsp3) is 0.692. The van der Waals surface area contributed by atoms with Gasteiger partial charge >= 0.3 is 0 Å². The van der Waals surface area contributed by atoms with Crippen LogP contribution in [0.3, 0.4) is 0 Å². The van der Waals surface area contributed by atoms with E-state index < -0.39 is 12.3 Å². The standard InChI is InChI=1S/C13H19FO2/c1-3-13(4-2)8-11(15)10-7-9(14)5-6-12(10)16-13/h6-7,9,11,15H,3-5,8H2,1-2H3. The summed E-state index contributed by atoms with van der Waals surface area (Å²) in [5.74, 6) is 0.691. The highest BCUT2D eigenvalue weighted by Crippen LogP contribution is 2.41. The third-order valence-corrected chi connectivity index (χ3v) is 3.71. The van der Waals surface area contributed by atoms with E-state index in [4.69, 9.17) is 4.74 Å². The number of rotatable bonds is 2. The van der Waals surface area contributed by atoms with E-state index in [1.807, 2.05) is 0 Å². The van der Waals surface area contributed by atoms with Gasteiger partial charge in [-0.15, -0.1) is 0 Å². The number of aliphatic hydroxyl groups excluding tert-OH is 1. The van der Waals surface area contributed by atoms with Crippen molar-refractivity contribution in [3.8, 4) is 0 Å². The highest BCUT2D eigenvalue weighted by Gasteiger charge is 2.40. The molecule has 2 atom stereocenters. The van der Waals surface area contributed by atoms with Crippen molar-refractivity contribution in [3.63, 3.8) is 0 Å². The summed E-state index contributed by atoms with van der Waals surface area (Å²) in [6.45, 7) is 4.12. The lowest BCUT2D eigenvalue weighted by molar-refractivity contribution is -0.0606.